The molecule has 42 heavy (non-hydrogen) atoms. The van der Waals surface area contributed by atoms with Crippen molar-refractivity contribution in [3.63, 3.8) is 0 Å². The van der Waals surface area contributed by atoms with Crippen LogP contribution in [0.2, 0.25) is 10.0 Å². The largest absolute Gasteiger partial charge is 0.272 e. The van der Waals surface area contributed by atoms with Crippen LogP contribution < -0.4 is 0 Å². The highest BCUT2D eigenvalue weighted by Gasteiger charge is 2.40. The zero-order valence-corrected chi connectivity index (χ0v) is 25.2. The van der Waals surface area contributed by atoms with Crippen molar-refractivity contribution in [1.82, 2.24) is 9.80 Å². The molecule has 7 rings (SSSR count). The van der Waals surface area contributed by atoms with Crippen molar-refractivity contribution in [2.75, 3.05) is 0 Å². The van der Waals surface area contributed by atoms with Crippen LogP contribution in [0.1, 0.15) is 94.8 Å². The minimum Gasteiger partial charge on any atom is -0.272 e. The normalized spacial score (nSPS) is 16.6. The molecule has 0 aromatic heterocycles. The Kier molecular flexibility index (Phi) is 6.06. The van der Waals surface area contributed by atoms with Crippen molar-refractivity contribution < 1.29 is 19.2 Å². The summed E-state index contributed by atoms with van der Waals surface area (Å²) in [6, 6.07) is 9.98. The van der Waals surface area contributed by atoms with Crippen molar-refractivity contribution in [3.8, 4) is 0 Å². The fourth-order valence-electron chi connectivity index (χ4n) is 7.30. The molecule has 0 saturated carbocycles. The van der Waals surface area contributed by atoms with Gasteiger partial charge in [-0.2, -0.15) is 0 Å². The van der Waals surface area contributed by atoms with Gasteiger partial charge in [0.2, 0.25) is 0 Å². The summed E-state index contributed by atoms with van der Waals surface area (Å²) < 4.78 is 0. The van der Waals surface area contributed by atoms with E-state index >= 15 is 0 Å². The van der Waals surface area contributed by atoms with Crippen LogP contribution >= 0.6 is 23.2 Å². The molecule has 2 heterocycles. The highest BCUT2D eigenvalue weighted by atomic mass is 35.5. The molecule has 2 unspecified atom stereocenters. The summed E-state index contributed by atoms with van der Waals surface area (Å²) in [5.41, 5.74) is 1.66. The van der Waals surface area contributed by atoms with Gasteiger partial charge < -0.3 is 0 Å². The van der Waals surface area contributed by atoms with E-state index < -0.39 is 0 Å². The Balaban J connectivity index is 1.60. The van der Waals surface area contributed by atoms with Crippen molar-refractivity contribution >= 4 is 89.9 Å². The van der Waals surface area contributed by atoms with Gasteiger partial charge in [-0.05, 0) is 61.7 Å². The van der Waals surface area contributed by atoms with Gasteiger partial charge in [0, 0.05) is 65.6 Å². The van der Waals surface area contributed by atoms with E-state index in [4.69, 9.17) is 23.2 Å². The van der Waals surface area contributed by atoms with E-state index in [1.807, 2.05) is 39.8 Å². The number of hydrogen-bond donors (Lipinski definition) is 0. The maximum Gasteiger partial charge on any atom is 0.261 e. The molecule has 0 saturated heterocycles. The summed E-state index contributed by atoms with van der Waals surface area (Å²) in [6.07, 6.45) is 3.06. The molecule has 8 heteroatoms. The number of carbonyl (C=O) groups excluding carboxylic acids is 4. The Hall–Kier alpha value is -3.74. The lowest BCUT2D eigenvalue weighted by atomic mass is 9.81. The molecule has 0 N–H and O–H groups in total. The molecule has 2 aliphatic rings. The third-order valence-electron chi connectivity index (χ3n) is 9.10. The smallest absolute Gasteiger partial charge is 0.261 e. The van der Waals surface area contributed by atoms with Gasteiger partial charge >= 0.3 is 0 Å². The summed E-state index contributed by atoms with van der Waals surface area (Å²) in [7, 11) is 0. The second kappa shape index (κ2) is 9.38. The molecule has 0 spiro atoms. The van der Waals surface area contributed by atoms with Crippen LogP contribution in [0.3, 0.4) is 0 Å². The Morgan fingerprint density at radius 2 is 0.905 bits per heavy atom. The predicted octanol–water partition coefficient (Wildman–Crippen LogP) is 8.61. The van der Waals surface area contributed by atoms with Gasteiger partial charge in [-0.25, -0.2) is 0 Å². The first kappa shape index (κ1) is 27.1. The summed E-state index contributed by atoms with van der Waals surface area (Å²) in [4.78, 5) is 57.8. The van der Waals surface area contributed by atoms with Crippen molar-refractivity contribution in [3.05, 3.63) is 68.7 Å². The topological polar surface area (TPSA) is 74.8 Å². The number of amides is 4. The van der Waals surface area contributed by atoms with Crippen LogP contribution in [0.4, 0.5) is 0 Å². The number of hydrogen-bond acceptors (Lipinski definition) is 4. The zero-order chi connectivity index (χ0) is 29.8. The van der Waals surface area contributed by atoms with Gasteiger partial charge in [-0.1, -0.05) is 62.0 Å². The Morgan fingerprint density at radius 3 is 1.26 bits per heavy atom. The molecule has 0 aliphatic carbocycles. The molecule has 4 amide bonds. The van der Waals surface area contributed by atoms with Crippen LogP contribution in [0.25, 0.3) is 43.1 Å². The maximum atomic E-state index is 13.8. The van der Waals surface area contributed by atoms with Crippen molar-refractivity contribution in [2.24, 2.45) is 0 Å². The van der Waals surface area contributed by atoms with Crippen LogP contribution in [0.15, 0.2) is 36.4 Å². The second-order valence-electron chi connectivity index (χ2n) is 11.6. The minimum atomic E-state index is -0.362. The van der Waals surface area contributed by atoms with E-state index in [0.717, 1.165) is 12.8 Å². The quantitative estimate of drug-likeness (QED) is 0.111. The monoisotopic (exact) mass is 598 g/mol. The fourth-order valence-corrected chi connectivity index (χ4v) is 7.91. The molecular weight excluding hydrogens is 571 g/mol. The van der Waals surface area contributed by atoms with Crippen LogP contribution in [0, 0.1) is 0 Å². The molecule has 5 aromatic rings. The summed E-state index contributed by atoms with van der Waals surface area (Å²) in [6.45, 7) is 7.82. The number of nitrogens with zero attached hydrogens (tertiary/aromatic N) is 2. The summed E-state index contributed by atoms with van der Waals surface area (Å²) >= 11 is 14.0. The molecular formula is C34H28Cl2N2O4. The maximum absolute atomic E-state index is 13.8. The van der Waals surface area contributed by atoms with E-state index in [-0.39, 0.29) is 35.7 Å². The fraction of sp³-hybridized carbons (Fsp3) is 0.294. The average molecular weight is 600 g/mol. The van der Waals surface area contributed by atoms with Gasteiger partial charge in [0.15, 0.2) is 0 Å². The molecule has 2 atom stereocenters. The van der Waals surface area contributed by atoms with Gasteiger partial charge in [-0.3, -0.25) is 29.0 Å². The third kappa shape index (κ3) is 3.34. The standard InChI is InChI=1S/C34H28Cl2N2O4/c1-5-7-15(3)37-31(39)19-11-9-17-28-24(36)14-22-26-20(32(40)38(34(22)42)16(4)8-6-2)12-10-18(30(26)28)27-23(35)13-21(33(37)41)25(19)29(17)27/h9-16H,5-8H2,1-4H3. The lowest BCUT2D eigenvalue weighted by Gasteiger charge is -2.34. The van der Waals surface area contributed by atoms with Gasteiger partial charge in [0.05, 0.1) is 11.1 Å². The molecule has 2 aliphatic heterocycles. The third-order valence-corrected chi connectivity index (χ3v) is 9.70. The van der Waals surface area contributed by atoms with Gasteiger partial charge in [0.25, 0.3) is 23.6 Å². The SMILES string of the molecule is CCCC(C)N1C(=O)c2ccc3c4c(Cl)cc5c6c(ccc(c7c(Cl)cc(c2c37)C1=O)c64)C(=O)N(C(C)CCC)C5=O. The van der Waals surface area contributed by atoms with Crippen LogP contribution in [-0.4, -0.2) is 45.5 Å². The lowest BCUT2D eigenvalue weighted by molar-refractivity contribution is 0.0528. The number of fused-ring (bicyclic) bond motifs is 2. The second-order valence-corrected chi connectivity index (χ2v) is 12.4. The van der Waals surface area contributed by atoms with E-state index in [1.54, 1.807) is 24.3 Å². The van der Waals surface area contributed by atoms with E-state index in [0.29, 0.717) is 88.2 Å². The molecule has 0 fully saturated rings. The van der Waals surface area contributed by atoms with Gasteiger partial charge in [-0.15, -0.1) is 0 Å². The Labute approximate surface area is 252 Å². The number of rotatable bonds is 6. The Morgan fingerprint density at radius 1 is 0.548 bits per heavy atom. The highest BCUT2D eigenvalue weighted by Crippen LogP contribution is 2.50. The first-order valence-corrected chi connectivity index (χ1v) is 15.2. The first-order chi connectivity index (χ1) is 20.1. The van der Waals surface area contributed by atoms with Crippen LogP contribution in [0.5, 0.6) is 0 Å². The molecule has 6 nitrogen and oxygen atoms in total. The van der Waals surface area contributed by atoms with Crippen molar-refractivity contribution in [1.29, 1.82) is 0 Å². The Bertz CT molecular complexity index is 1920. The number of benzene rings is 5. The molecule has 0 bridgehead atoms. The number of carbonyl (C=O) groups is 4. The molecule has 0 radical (unpaired) electrons. The number of halogens is 2. The van der Waals surface area contributed by atoms with Gasteiger partial charge in [0.1, 0.15) is 0 Å². The molecule has 212 valence electrons. The van der Waals surface area contributed by atoms with E-state index in [2.05, 4.69) is 0 Å². The minimum absolute atomic E-state index is 0.259. The highest BCUT2D eigenvalue weighted by molar-refractivity contribution is 6.50. The number of imide groups is 2. The lowest BCUT2D eigenvalue weighted by Crippen LogP contribution is -2.46. The van der Waals surface area contributed by atoms with E-state index in [9.17, 15) is 19.2 Å². The molecule has 5 aromatic carbocycles. The predicted molar refractivity (Wildman–Crippen MR) is 167 cm³/mol. The van der Waals surface area contributed by atoms with E-state index in [1.165, 1.54) is 9.80 Å². The zero-order valence-electron chi connectivity index (χ0n) is 23.7. The first-order valence-electron chi connectivity index (χ1n) is 14.5. The van der Waals surface area contributed by atoms with Crippen LogP contribution in [-0.2, 0) is 0 Å². The summed E-state index contributed by atoms with van der Waals surface area (Å²) in [5, 5.41) is 5.96. The average Bonchev–Trinajstić information content (AvgIpc) is 2.95. The van der Waals surface area contributed by atoms with Crippen molar-refractivity contribution in [2.45, 2.75) is 65.5 Å². The summed E-state index contributed by atoms with van der Waals surface area (Å²) in [5.74, 6) is -1.38.